The second-order valence-electron chi connectivity index (χ2n) is 6.94. The lowest BCUT2D eigenvalue weighted by Crippen LogP contribution is -2.55. The number of carbonyl (C=O) groups is 1. The topological polar surface area (TPSA) is 64.8 Å². The van der Waals surface area contributed by atoms with Crippen molar-refractivity contribution in [2.45, 2.75) is 39.8 Å². The highest BCUT2D eigenvalue weighted by molar-refractivity contribution is 5.95. The monoisotopic (exact) mass is 344 g/mol. The summed E-state index contributed by atoms with van der Waals surface area (Å²) in [5, 5.41) is 3.92. The van der Waals surface area contributed by atoms with Gasteiger partial charge >= 0.3 is 0 Å². The summed E-state index contributed by atoms with van der Waals surface area (Å²) in [6.07, 6.45) is 0. The van der Waals surface area contributed by atoms with E-state index >= 15 is 0 Å². The van der Waals surface area contributed by atoms with Crippen molar-refractivity contribution in [3.8, 4) is 5.75 Å². The van der Waals surface area contributed by atoms with E-state index in [-0.39, 0.29) is 11.4 Å². The van der Waals surface area contributed by atoms with E-state index in [4.69, 9.17) is 14.0 Å². The van der Waals surface area contributed by atoms with E-state index in [1.807, 2.05) is 50.8 Å². The van der Waals surface area contributed by atoms with Gasteiger partial charge in [-0.25, -0.2) is 0 Å². The van der Waals surface area contributed by atoms with Crippen LogP contribution in [-0.4, -0.2) is 41.3 Å². The third-order valence-electron chi connectivity index (χ3n) is 4.54. The van der Waals surface area contributed by atoms with E-state index < -0.39 is 0 Å². The molecule has 1 fully saturated rings. The first kappa shape index (κ1) is 17.5. The minimum atomic E-state index is -0.317. The Morgan fingerprint density at radius 3 is 2.84 bits per heavy atom. The summed E-state index contributed by atoms with van der Waals surface area (Å²) in [6, 6.07) is 7.28. The van der Waals surface area contributed by atoms with Gasteiger partial charge in [0.1, 0.15) is 18.1 Å². The number of morpholine rings is 1. The Bertz CT molecular complexity index is 747. The quantitative estimate of drug-likeness (QED) is 0.853. The van der Waals surface area contributed by atoms with Gasteiger partial charge in [-0.15, -0.1) is 0 Å². The van der Waals surface area contributed by atoms with Crippen molar-refractivity contribution in [1.82, 2.24) is 10.1 Å². The van der Waals surface area contributed by atoms with Crippen LogP contribution in [0.4, 0.5) is 0 Å². The van der Waals surface area contributed by atoms with Crippen LogP contribution >= 0.6 is 0 Å². The second kappa shape index (κ2) is 6.88. The van der Waals surface area contributed by atoms with Gasteiger partial charge in [-0.05, 0) is 45.9 Å². The molecule has 1 aliphatic rings. The smallest absolute Gasteiger partial charge is 0.254 e. The predicted molar refractivity (Wildman–Crippen MR) is 92.7 cm³/mol. The van der Waals surface area contributed by atoms with Gasteiger partial charge in [0.25, 0.3) is 5.91 Å². The highest BCUT2D eigenvalue weighted by Gasteiger charge is 2.34. The van der Waals surface area contributed by atoms with Crippen molar-refractivity contribution in [3.05, 3.63) is 46.8 Å². The third kappa shape index (κ3) is 3.69. The molecule has 2 heterocycles. The Balaban J connectivity index is 1.74. The zero-order chi connectivity index (χ0) is 18.0. The van der Waals surface area contributed by atoms with Crippen molar-refractivity contribution in [1.29, 1.82) is 0 Å². The van der Waals surface area contributed by atoms with E-state index in [0.717, 1.165) is 17.0 Å². The maximum Gasteiger partial charge on any atom is 0.254 e. The van der Waals surface area contributed by atoms with E-state index in [2.05, 4.69) is 5.16 Å². The number of hydrogen-bond donors (Lipinski definition) is 0. The Labute approximate surface area is 147 Å². The molecule has 0 radical (unpaired) electrons. The van der Waals surface area contributed by atoms with Gasteiger partial charge in [0.2, 0.25) is 0 Å². The van der Waals surface area contributed by atoms with Gasteiger partial charge < -0.3 is 18.9 Å². The number of benzene rings is 1. The van der Waals surface area contributed by atoms with Crippen molar-refractivity contribution < 1.29 is 18.8 Å². The van der Waals surface area contributed by atoms with E-state index in [1.165, 1.54) is 0 Å². The number of ether oxygens (including phenoxy) is 2. The van der Waals surface area contributed by atoms with Crippen LogP contribution < -0.4 is 4.74 Å². The Morgan fingerprint density at radius 1 is 1.36 bits per heavy atom. The number of aryl methyl sites for hydroxylation is 2. The van der Waals surface area contributed by atoms with Gasteiger partial charge in [0.05, 0.1) is 30.0 Å². The molecule has 0 saturated carbocycles. The molecule has 0 aliphatic carbocycles. The molecule has 1 aromatic heterocycles. The fourth-order valence-electron chi connectivity index (χ4n) is 2.97. The highest BCUT2D eigenvalue weighted by atomic mass is 16.5. The minimum Gasteiger partial charge on any atom is -0.489 e. The first-order valence-electron chi connectivity index (χ1n) is 8.43. The van der Waals surface area contributed by atoms with Crippen LogP contribution in [0.25, 0.3) is 0 Å². The summed E-state index contributed by atoms with van der Waals surface area (Å²) in [5.74, 6) is 1.40. The SMILES string of the molecule is Cc1noc(C)c1COc1cccc(C(=O)N2CCOCC2(C)C)c1. The molecule has 1 amide bonds. The standard InChI is InChI=1S/C19H24N2O4/c1-13-17(14(2)25-20-13)11-24-16-7-5-6-15(10-16)18(22)21-8-9-23-12-19(21,3)4/h5-7,10H,8-9,11-12H2,1-4H3. The fourth-order valence-corrected chi connectivity index (χ4v) is 2.97. The summed E-state index contributed by atoms with van der Waals surface area (Å²) in [6.45, 7) is 9.84. The molecule has 0 unspecified atom stereocenters. The van der Waals surface area contributed by atoms with Gasteiger partial charge in [0.15, 0.2) is 0 Å². The fraction of sp³-hybridized carbons (Fsp3) is 0.474. The van der Waals surface area contributed by atoms with Crippen molar-refractivity contribution in [2.75, 3.05) is 19.8 Å². The molecule has 6 nitrogen and oxygen atoms in total. The summed E-state index contributed by atoms with van der Waals surface area (Å²) in [4.78, 5) is 14.8. The number of rotatable bonds is 4. The van der Waals surface area contributed by atoms with E-state index in [9.17, 15) is 4.79 Å². The molecule has 0 N–H and O–H groups in total. The molecule has 2 aromatic rings. The largest absolute Gasteiger partial charge is 0.489 e. The van der Waals surface area contributed by atoms with Gasteiger partial charge in [0, 0.05) is 12.1 Å². The van der Waals surface area contributed by atoms with Crippen LogP contribution in [0, 0.1) is 13.8 Å². The number of hydrogen-bond acceptors (Lipinski definition) is 5. The molecule has 0 atom stereocenters. The number of aromatic nitrogens is 1. The molecule has 1 aromatic carbocycles. The average molecular weight is 344 g/mol. The van der Waals surface area contributed by atoms with Crippen LogP contribution in [0.15, 0.2) is 28.8 Å². The summed E-state index contributed by atoms with van der Waals surface area (Å²) in [5.41, 5.74) is 2.06. The maximum absolute atomic E-state index is 12.9. The van der Waals surface area contributed by atoms with Crippen LogP contribution in [-0.2, 0) is 11.3 Å². The molecular weight excluding hydrogens is 320 g/mol. The van der Waals surface area contributed by atoms with Crippen molar-refractivity contribution >= 4 is 5.91 Å². The van der Waals surface area contributed by atoms with E-state index in [1.54, 1.807) is 6.07 Å². The van der Waals surface area contributed by atoms with Crippen LogP contribution in [0.2, 0.25) is 0 Å². The molecule has 0 bridgehead atoms. The Hall–Kier alpha value is -2.34. The molecule has 1 aliphatic heterocycles. The van der Waals surface area contributed by atoms with E-state index in [0.29, 0.717) is 37.7 Å². The zero-order valence-electron chi connectivity index (χ0n) is 15.2. The minimum absolute atomic E-state index is 0.00362. The number of carbonyl (C=O) groups excluding carboxylic acids is 1. The molecular formula is C19H24N2O4. The highest BCUT2D eigenvalue weighted by Crippen LogP contribution is 2.24. The van der Waals surface area contributed by atoms with Crippen LogP contribution in [0.5, 0.6) is 5.75 Å². The van der Waals surface area contributed by atoms with Gasteiger partial charge in [-0.2, -0.15) is 0 Å². The molecule has 1 saturated heterocycles. The van der Waals surface area contributed by atoms with Gasteiger partial charge in [-0.1, -0.05) is 11.2 Å². The average Bonchev–Trinajstić information content (AvgIpc) is 2.90. The lowest BCUT2D eigenvalue weighted by Gasteiger charge is -2.42. The Kier molecular flexibility index (Phi) is 4.81. The normalized spacial score (nSPS) is 16.7. The van der Waals surface area contributed by atoms with Gasteiger partial charge in [-0.3, -0.25) is 4.79 Å². The molecule has 6 heteroatoms. The summed E-state index contributed by atoms with van der Waals surface area (Å²) >= 11 is 0. The number of amides is 1. The number of nitrogens with zero attached hydrogens (tertiary/aromatic N) is 2. The van der Waals surface area contributed by atoms with Crippen molar-refractivity contribution in [3.63, 3.8) is 0 Å². The first-order valence-corrected chi connectivity index (χ1v) is 8.43. The summed E-state index contributed by atoms with van der Waals surface area (Å²) < 4.78 is 16.5. The van der Waals surface area contributed by atoms with Crippen LogP contribution in [0.1, 0.15) is 41.2 Å². The molecule has 3 rings (SSSR count). The first-order chi connectivity index (χ1) is 11.9. The predicted octanol–water partition coefficient (Wildman–Crippen LogP) is 3.12. The lowest BCUT2D eigenvalue weighted by atomic mass is 10.0. The van der Waals surface area contributed by atoms with Crippen LogP contribution in [0.3, 0.4) is 0 Å². The Morgan fingerprint density at radius 2 is 2.16 bits per heavy atom. The third-order valence-corrected chi connectivity index (χ3v) is 4.54. The molecule has 25 heavy (non-hydrogen) atoms. The second-order valence-corrected chi connectivity index (χ2v) is 6.94. The van der Waals surface area contributed by atoms with Crippen molar-refractivity contribution in [2.24, 2.45) is 0 Å². The molecule has 0 spiro atoms. The zero-order valence-corrected chi connectivity index (χ0v) is 15.2. The maximum atomic E-state index is 12.9. The summed E-state index contributed by atoms with van der Waals surface area (Å²) in [7, 11) is 0. The lowest BCUT2D eigenvalue weighted by molar-refractivity contribution is -0.0370. The molecule has 134 valence electrons.